The fraction of sp³-hybridized carbons (Fsp3) is 0.750. The average molecular weight is 411 g/mol. The molecule has 3 fully saturated rings. The van der Waals surface area contributed by atoms with Crippen LogP contribution in [0.15, 0.2) is 0 Å². The number of aromatic nitrogens is 2. The third kappa shape index (κ3) is 3.85. The molecule has 0 radical (unpaired) electrons. The summed E-state index contributed by atoms with van der Waals surface area (Å²) in [6.45, 7) is 3.65. The molecule has 2 aliphatic heterocycles. The highest BCUT2D eigenvalue weighted by atomic mass is 16.2. The average Bonchev–Trinajstić information content (AvgIpc) is 3.60. The zero-order valence-corrected chi connectivity index (χ0v) is 18.2. The van der Waals surface area contributed by atoms with Gasteiger partial charge in [-0.25, -0.2) is 9.97 Å². The van der Waals surface area contributed by atoms with Crippen molar-refractivity contribution in [3.8, 4) is 0 Å². The number of anilines is 1. The van der Waals surface area contributed by atoms with E-state index in [1.165, 1.54) is 32.1 Å². The Bertz CT molecular complexity index is 829. The number of aryl methyl sites for hydroxylation is 1. The van der Waals surface area contributed by atoms with Crippen LogP contribution < -0.4 is 4.90 Å². The Labute approximate surface area is 179 Å². The number of rotatable bonds is 4. The SMILES string of the molecule is Cc1nc(C2CCCCN2C(=O)C2CCCCC2)nc2c1CCC(=O)N2CC1CC1. The molecule has 1 atom stereocenters. The van der Waals surface area contributed by atoms with Gasteiger partial charge in [0, 0.05) is 36.7 Å². The second kappa shape index (κ2) is 8.27. The zero-order chi connectivity index (χ0) is 20.7. The van der Waals surface area contributed by atoms with Crippen LogP contribution >= 0.6 is 0 Å². The maximum absolute atomic E-state index is 13.4. The standard InChI is InChI=1S/C24H34N4O2/c1-16-19-12-13-21(29)28(15-17-10-11-17)23(19)26-22(25-16)20-9-5-6-14-27(20)24(30)18-7-3-2-4-8-18/h17-18,20H,2-15H2,1H3. The largest absolute Gasteiger partial charge is 0.332 e. The van der Waals surface area contributed by atoms with E-state index in [0.29, 0.717) is 18.2 Å². The normalized spacial score (nSPS) is 25.4. The predicted molar refractivity (Wildman–Crippen MR) is 115 cm³/mol. The van der Waals surface area contributed by atoms with Crippen molar-refractivity contribution < 1.29 is 9.59 Å². The van der Waals surface area contributed by atoms with Gasteiger partial charge in [-0.15, -0.1) is 0 Å². The fourth-order valence-corrected chi connectivity index (χ4v) is 5.55. The third-order valence-electron chi connectivity index (χ3n) is 7.53. The second-order valence-corrected chi connectivity index (χ2v) is 9.80. The molecular weight excluding hydrogens is 376 g/mol. The molecule has 1 unspecified atom stereocenters. The molecule has 2 aliphatic carbocycles. The first-order valence-electron chi connectivity index (χ1n) is 12.1. The van der Waals surface area contributed by atoms with E-state index in [9.17, 15) is 9.59 Å². The molecule has 5 rings (SSSR count). The van der Waals surface area contributed by atoms with Crippen LogP contribution in [0.1, 0.15) is 93.8 Å². The van der Waals surface area contributed by atoms with Crippen LogP contribution in [0.3, 0.4) is 0 Å². The van der Waals surface area contributed by atoms with E-state index in [-0.39, 0.29) is 17.9 Å². The minimum atomic E-state index is -0.0445. The summed E-state index contributed by atoms with van der Waals surface area (Å²) in [6.07, 6.45) is 12.4. The van der Waals surface area contributed by atoms with Gasteiger partial charge in [-0.3, -0.25) is 14.5 Å². The molecule has 30 heavy (non-hydrogen) atoms. The number of nitrogens with zero attached hydrogens (tertiary/aromatic N) is 4. The van der Waals surface area contributed by atoms with E-state index in [0.717, 1.165) is 74.5 Å². The molecule has 0 spiro atoms. The quantitative estimate of drug-likeness (QED) is 0.749. The monoisotopic (exact) mass is 410 g/mol. The highest BCUT2D eigenvalue weighted by molar-refractivity contribution is 5.95. The minimum absolute atomic E-state index is 0.0445. The van der Waals surface area contributed by atoms with Crippen molar-refractivity contribution in [1.82, 2.24) is 14.9 Å². The number of amides is 2. The number of hydrogen-bond acceptors (Lipinski definition) is 4. The van der Waals surface area contributed by atoms with E-state index in [4.69, 9.17) is 9.97 Å². The number of carbonyl (C=O) groups is 2. The summed E-state index contributed by atoms with van der Waals surface area (Å²) in [7, 11) is 0. The van der Waals surface area contributed by atoms with Gasteiger partial charge in [0.05, 0.1) is 6.04 Å². The Balaban J connectivity index is 1.46. The van der Waals surface area contributed by atoms with Crippen LogP contribution in [0.5, 0.6) is 0 Å². The Kier molecular flexibility index (Phi) is 5.50. The van der Waals surface area contributed by atoms with Crippen molar-refractivity contribution in [3.63, 3.8) is 0 Å². The molecule has 4 aliphatic rings. The summed E-state index contributed by atoms with van der Waals surface area (Å²) in [6, 6.07) is -0.0445. The van der Waals surface area contributed by atoms with E-state index in [1.54, 1.807) is 0 Å². The summed E-state index contributed by atoms with van der Waals surface area (Å²) in [5.41, 5.74) is 2.11. The smallest absolute Gasteiger partial charge is 0.228 e. The van der Waals surface area contributed by atoms with E-state index in [1.807, 2.05) is 11.8 Å². The van der Waals surface area contributed by atoms with Crippen molar-refractivity contribution >= 4 is 17.6 Å². The van der Waals surface area contributed by atoms with E-state index < -0.39 is 0 Å². The number of hydrogen-bond donors (Lipinski definition) is 0. The molecule has 162 valence electrons. The van der Waals surface area contributed by atoms with Crippen molar-refractivity contribution in [2.24, 2.45) is 11.8 Å². The molecule has 6 nitrogen and oxygen atoms in total. The van der Waals surface area contributed by atoms with Gasteiger partial charge in [0.25, 0.3) is 0 Å². The number of carbonyl (C=O) groups excluding carboxylic acids is 2. The Morgan fingerprint density at radius 2 is 1.73 bits per heavy atom. The molecule has 0 bridgehead atoms. The van der Waals surface area contributed by atoms with Crippen LogP contribution in [0.25, 0.3) is 0 Å². The van der Waals surface area contributed by atoms with Gasteiger partial charge >= 0.3 is 0 Å². The first-order chi connectivity index (χ1) is 14.6. The van der Waals surface area contributed by atoms with Crippen LogP contribution in [-0.2, 0) is 16.0 Å². The minimum Gasteiger partial charge on any atom is -0.332 e. The Morgan fingerprint density at radius 3 is 2.50 bits per heavy atom. The molecule has 1 saturated heterocycles. The number of fused-ring (bicyclic) bond motifs is 1. The van der Waals surface area contributed by atoms with Crippen LogP contribution in [-0.4, -0.2) is 39.8 Å². The van der Waals surface area contributed by atoms with Gasteiger partial charge in [-0.1, -0.05) is 19.3 Å². The number of likely N-dealkylation sites (tertiary alicyclic amines) is 1. The highest BCUT2D eigenvalue weighted by Crippen LogP contribution is 2.38. The molecule has 1 aromatic rings. The topological polar surface area (TPSA) is 66.4 Å². The summed E-state index contributed by atoms with van der Waals surface area (Å²) < 4.78 is 0. The second-order valence-electron chi connectivity index (χ2n) is 9.80. The molecule has 2 amide bonds. The first-order valence-corrected chi connectivity index (χ1v) is 12.1. The zero-order valence-electron chi connectivity index (χ0n) is 18.2. The number of piperidine rings is 1. The Hall–Kier alpha value is -1.98. The summed E-state index contributed by atoms with van der Waals surface area (Å²) in [5, 5.41) is 0. The lowest BCUT2D eigenvalue weighted by atomic mass is 9.87. The first kappa shape index (κ1) is 20.0. The van der Waals surface area contributed by atoms with Gasteiger partial charge in [0.15, 0.2) is 5.82 Å². The van der Waals surface area contributed by atoms with Crippen molar-refractivity contribution in [1.29, 1.82) is 0 Å². The lowest BCUT2D eigenvalue weighted by Crippen LogP contribution is -2.44. The summed E-state index contributed by atoms with van der Waals surface area (Å²) in [5.74, 6) is 2.88. The van der Waals surface area contributed by atoms with Gasteiger partial charge in [0.2, 0.25) is 11.8 Å². The highest BCUT2D eigenvalue weighted by Gasteiger charge is 2.37. The Morgan fingerprint density at radius 1 is 0.967 bits per heavy atom. The maximum Gasteiger partial charge on any atom is 0.228 e. The molecule has 3 heterocycles. The molecular formula is C24H34N4O2. The maximum atomic E-state index is 13.4. The van der Waals surface area contributed by atoms with Crippen molar-refractivity contribution in [2.75, 3.05) is 18.0 Å². The summed E-state index contributed by atoms with van der Waals surface area (Å²) in [4.78, 5) is 40.0. The predicted octanol–water partition coefficient (Wildman–Crippen LogP) is 4.11. The summed E-state index contributed by atoms with van der Waals surface area (Å²) >= 11 is 0. The lowest BCUT2D eigenvalue weighted by molar-refractivity contribution is -0.140. The molecule has 6 heteroatoms. The van der Waals surface area contributed by atoms with Gasteiger partial charge in [-0.2, -0.15) is 0 Å². The molecule has 1 aromatic heterocycles. The van der Waals surface area contributed by atoms with Crippen molar-refractivity contribution in [3.05, 3.63) is 17.1 Å². The fourth-order valence-electron chi connectivity index (χ4n) is 5.55. The molecule has 0 aromatic carbocycles. The van der Waals surface area contributed by atoms with Crippen LogP contribution in [0, 0.1) is 18.8 Å². The molecule has 2 saturated carbocycles. The van der Waals surface area contributed by atoms with Gasteiger partial charge in [-0.05, 0) is 64.2 Å². The van der Waals surface area contributed by atoms with E-state index in [2.05, 4.69) is 4.90 Å². The van der Waals surface area contributed by atoms with Crippen LogP contribution in [0.2, 0.25) is 0 Å². The van der Waals surface area contributed by atoms with Gasteiger partial charge < -0.3 is 4.90 Å². The van der Waals surface area contributed by atoms with Crippen molar-refractivity contribution in [2.45, 2.75) is 90.0 Å². The third-order valence-corrected chi connectivity index (χ3v) is 7.53. The molecule has 0 N–H and O–H groups in total. The van der Waals surface area contributed by atoms with Crippen LogP contribution in [0.4, 0.5) is 5.82 Å². The van der Waals surface area contributed by atoms with E-state index >= 15 is 0 Å². The lowest BCUT2D eigenvalue weighted by Gasteiger charge is -2.38. The van der Waals surface area contributed by atoms with Gasteiger partial charge in [0.1, 0.15) is 5.82 Å².